The highest BCUT2D eigenvalue weighted by atomic mass is 16.3. The predicted molar refractivity (Wildman–Crippen MR) is 56.1 cm³/mol. The smallest absolute Gasteiger partial charge is 0.115 e. The zero-order valence-corrected chi connectivity index (χ0v) is 8.16. The highest BCUT2D eigenvalue weighted by Crippen LogP contribution is 2.29. The highest BCUT2D eigenvalue weighted by molar-refractivity contribution is 5.32. The summed E-state index contributed by atoms with van der Waals surface area (Å²) in [6, 6.07) is 7.28. The molecule has 1 fully saturated rings. The lowest BCUT2D eigenvalue weighted by Gasteiger charge is -2.34. The fourth-order valence-electron chi connectivity index (χ4n) is 1.98. The van der Waals surface area contributed by atoms with E-state index in [4.69, 9.17) is 5.73 Å². The van der Waals surface area contributed by atoms with E-state index >= 15 is 0 Å². The van der Waals surface area contributed by atoms with Crippen molar-refractivity contribution in [3.63, 3.8) is 0 Å². The quantitative estimate of drug-likeness (QED) is 0.620. The molecule has 1 aromatic rings. The molecule has 14 heavy (non-hydrogen) atoms. The van der Waals surface area contributed by atoms with Crippen LogP contribution in [0.15, 0.2) is 24.3 Å². The van der Waals surface area contributed by atoms with E-state index in [9.17, 15) is 5.11 Å². The van der Waals surface area contributed by atoms with Crippen molar-refractivity contribution in [2.75, 3.05) is 13.1 Å². The number of benzene rings is 1. The van der Waals surface area contributed by atoms with Crippen LogP contribution in [0.2, 0.25) is 0 Å². The average molecular weight is 192 g/mol. The van der Waals surface area contributed by atoms with E-state index in [1.54, 1.807) is 12.1 Å². The molecular weight excluding hydrogens is 176 g/mol. The fourth-order valence-corrected chi connectivity index (χ4v) is 1.98. The summed E-state index contributed by atoms with van der Waals surface area (Å²) in [6.45, 7) is 1.90. The van der Waals surface area contributed by atoms with Crippen molar-refractivity contribution in [3.8, 4) is 5.75 Å². The molecule has 0 saturated carbocycles. The molecule has 0 bridgehead atoms. The standard InChI is InChI=1S/C11H16N2O/c12-11(4-6-13-7-5-11)9-2-1-3-10(14)8-9/h1-3,8,13-14H,4-7,12H2. The maximum Gasteiger partial charge on any atom is 0.115 e. The van der Waals surface area contributed by atoms with E-state index in [0.717, 1.165) is 31.5 Å². The lowest BCUT2D eigenvalue weighted by Crippen LogP contribution is -2.46. The van der Waals surface area contributed by atoms with Crippen molar-refractivity contribution >= 4 is 0 Å². The summed E-state index contributed by atoms with van der Waals surface area (Å²) < 4.78 is 0. The Labute approximate surface area is 83.9 Å². The molecule has 1 aliphatic rings. The van der Waals surface area contributed by atoms with Gasteiger partial charge in [0.15, 0.2) is 0 Å². The number of piperidine rings is 1. The second kappa shape index (κ2) is 3.59. The maximum absolute atomic E-state index is 9.39. The molecule has 1 aromatic carbocycles. The maximum atomic E-state index is 9.39. The van der Waals surface area contributed by atoms with Gasteiger partial charge in [0, 0.05) is 5.54 Å². The first-order valence-corrected chi connectivity index (χ1v) is 5.00. The van der Waals surface area contributed by atoms with Crippen LogP contribution in [-0.2, 0) is 5.54 Å². The van der Waals surface area contributed by atoms with Crippen LogP contribution in [0, 0.1) is 0 Å². The lowest BCUT2D eigenvalue weighted by molar-refractivity contribution is 0.316. The van der Waals surface area contributed by atoms with Crippen molar-refractivity contribution in [1.29, 1.82) is 0 Å². The van der Waals surface area contributed by atoms with Crippen LogP contribution in [0.4, 0.5) is 0 Å². The monoisotopic (exact) mass is 192 g/mol. The van der Waals surface area contributed by atoms with Gasteiger partial charge >= 0.3 is 0 Å². The zero-order valence-electron chi connectivity index (χ0n) is 8.16. The van der Waals surface area contributed by atoms with Crippen LogP contribution in [0.25, 0.3) is 0 Å². The van der Waals surface area contributed by atoms with Crippen molar-refractivity contribution in [1.82, 2.24) is 5.32 Å². The third-order valence-corrected chi connectivity index (χ3v) is 2.92. The average Bonchev–Trinajstić information content (AvgIpc) is 2.19. The summed E-state index contributed by atoms with van der Waals surface area (Å²) in [7, 11) is 0. The molecule has 4 N–H and O–H groups in total. The molecule has 2 rings (SSSR count). The normalized spacial score (nSPS) is 20.6. The Kier molecular flexibility index (Phi) is 2.44. The number of phenolic OH excluding ortho intramolecular Hbond substituents is 1. The SMILES string of the molecule is NC1(c2cccc(O)c2)CCNCC1. The van der Waals surface area contributed by atoms with Crippen LogP contribution >= 0.6 is 0 Å². The minimum Gasteiger partial charge on any atom is -0.508 e. The third-order valence-electron chi connectivity index (χ3n) is 2.92. The highest BCUT2D eigenvalue weighted by Gasteiger charge is 2.29. The van der Waals surface area contributed by atoms with Crippen LogP contribution in [-0.4, -0.2) is 18.2 Å². The van der Waals surface area contributed by atoms with Crippen LogP contribution in [0.5, 0.6) is 5.75 Å². The second-order valence-corrected chi connectivity index (χ2v) is 3.96. The largest absolute Gasteiger partial charge is 0.508 e. The van der Waals surface area contributed by atoms with Gasteiger partial charge in [-0.3, -0.25) is 0 Å². The van der Waals surface area contributed by atoms with Gasteiger partial charge in [-0.2, -0.15) is 0 Å². The van der Waals surface area contributed by atoms with Crippen LogP contribution < -0.4 is 11.1 Å². The first kappa shape index (κ1) is 9.49. The molecule has 1 saturated heterocycles. The molecule has 0 spiro atoms. The Morgan fingerprint density at radius 2 is 2.00 bits per heavy atom. The molecular formula is C11H16N2O. The molecule has 3 heteroatoms. The number of hydrogen-bond acceptors (Lipinski definition) is 3. The first-order valence-electron chi connectivity index (χ1n) is 5.00. The fraction of sp³-hybridized carbons (Fsp3) is 0.455. The molecule has 0 atom stereocenters. The van der Waals surface area contributed by atoms with Crippen molar-refractivity contribution in [3.05, 3.63) is 29.8 Å². The second-order valence-electron chi connectivity index (χ2n) is 3.96. The summed E-state index contributed by atoms with van der Waals surface area (Å²) in [5.74, 6) is 0.297. The third kappa shape index (κ3) is 1.74. The van der Waals surface area contributed by atoms with E-state index in [1.165, 1.54) is 0 Å². The van der Waals surface area contributed by atoms with E-state index in [2.05, 4.69) is 5.32 Å². The molecule has 1 heterocycles. The molecule has 76 valence electrons. The van der Waals surface area contributed by atoms with Gasteiger partial charge in [-0.15, -0.1) is 0 Å². The van der Waals surface area contributed by atoms with Crippen LogP contribution in [0.3, 0.4) is 0 Å². The predicted octanol–water partition coefficient (Wildman–Crippen LogP) is 0.930. The topological polar surface area (TPSA) is 58.3 Å². The van der Waals surface area contributed by atoms with Crippen molar-refractivity contribution in [2.45, 2.75) is 18.4 Å². The molecule has 1 aliphatic heterocycles. The molecule has 3 nitrogen and oxygen atoms in total. The first-order chi connectivity index (χ1) is 6.71. The number of phenols is 1. The van der Waals surface area contributed by atoms with Gasteiger partial charge in [0.25, 0.3) is 0 Å². The van der Waals surface area contributed by atoms with Crippen LogP contribution in [0.1, 0.15) is 18.4 Å². The number of aromatic hydroxyl groups is 1. The number of rotatable bonds is 1. The van der Waals surface area contributed by atoms with E-state index < -0.39 is 0 Å². The number of nitrogens with one attached hydrogen (secondary N) is 1. The summed E-state index contributed by atoms with van der Waals surface area (Å²) in [5, 5.41) is 12.7. The van der Waals surface area contributed by atoms with Gasteiger partial charge in [-0.25, -0.2) is 0 Å². The Morgan fingerprint density at radius 1 is 1.29 bits per heavy atom. The number of hydrogen-bond donors (Lipinski definition) is 3. The molecule has 0 radical (unpaired) electrons. The van der Waals surface area contributed by atoms with Gasteiger partial charge in [0.1, 0.15) is 5.75 Å². The summed E-state index contributed by atoms with van der Waals surface area (Å²) >= 11 is 0. The van der Waals surface area contributed by atoms with E-state index in [-0.39, 0.29) is 5.54 Å². The summed E-state index contributed by atoms with van der Waals surface area (Å²) in [5.41, 5.74) is 7.08. The molecule has 0 aromatic heterocycles. The molecule has 0 aliphatic carbocycles. The minimum atomic E-state index is -0.260. The molecule has 0 amide bonds. The summed E-state index contributed by atoms with van der Waals surface area (Å²) in [6.07, 6.45) is 1.85. The Bertz CT molecular complexity index is 319. The van der Waals surface area contributed by atoms with Gasteiger partial charge in [-0.05, 0) is 43.6 Å². The van der Waals surface area contributed by atoms with Gasteiger partial charge in [0.05, 0.1) is 0 Å². The van der Waals surface area contributed by atoms with Gasteiger partial charge in [-0.1, -0.05) is 12.1 Å². The van der Waals surface area contributed by atoms with Gasteiger partial charge in [0.2, 0.25) is 0 Å². The number of nitrogens with two attached hydrogens (primary N) is 1. The van der Waals surface area contributed by atoms with Crippen molar-refractivity contribution in [2.24, 2.45) is 5.73 Å². The Hall–Kier alpha value is -1.06. The summed E-state index contributed by atoms with van der Waals surface area (Å²) in [4.78, 5) is 0. The van der Waals surface area contributed by atoms with Gasteiger partial charge < -0.3 is 16.2 Å². The minimum absolute atomic E-state index is 0.260. The molecule has 0 unspecified atom stereocenters. The Balaban J connectivity index is 2.28. The van der Waals surface area contributed by atoms with E-state index in [1.807, 2.05) is 12.1 Å². The lowest BCUT2D eigenvalue weighted by atomic mass is 9.82. The zero-order chi connectivity index (χ0) is 10.0. The van der Waals surface area contributed by atoms with Crippen molar-refractivity contribution < 1.29 is 5.11 Å². The van der Waals surface area contributed by atoms with E-state index in [0.29, 0.717) is 5.75 Å². The Morgan fingerprint density at radius 3 is 2.64 bits per heavy atom.